The van der Waals surface area contributed by atoms with Crippen molar-refractivity contribution in [3.63, 3.8) is 0 Å². The van der Waals surface area contributed by atoms with Gasteiger partial charge in [-0.25, -0.2) is 0 Å². The van der Waals surface area contributed by atoms with Crippen LogP contribution < -0.4 is 19.5 Å². The number of hydrogen-bond acceptors (Lipinski definition) is 7. The molecule has 0 saturated carbocycles. The van der Waals surface area contributed by atoms with E-state index in [9.17, 15) is 9.59 Å². The molecule has 35 heavy (non-hydrogen) atoms. The van der Waals surface area contributed by atoms with E-state index in [2.05, 4.69) is 10.5 Å². The first-order valence-corrected chi connectivity index (χ1v) is 11.2. The number of methoxy groups -OCH3 is 2. The first-order chi connectivity index (χ1) is 17.0. The van der Waals surface area contributed by atoms with Gasteiger partial charge in [-0.1, -0.05) is 35.5 Å². The van der Waals surface area contributed by atoms with Gasteiger partial charge in [-0.3, -0.25) is 9.59 Å². The zero-order valence-electron chi connectivity index (χ0n) is 19.5. The van der Waals surface area contributed by atoms with Gasteiger partial charge in [0.2, 0.25) is 0 Å². The normalized spacial score (nSPS) is 20.0. The van der Waals surface area contributed by atoms with Crippen LogP contribution in [0.4, 0.5) is 5.69 Å². The van der Waals surface area contributed by atoms with E-state index >= 15 is 0 Å². The molecule has 1 N–H and O–H groups in total. The molecule has 2 atom stereocenters. The Balaban J connectivity index is 1.72. The summed E-state index contributed by atoms with van der Waals surface area (Å²) in [6, 6.07) is 19.3. The van der Waals surface area contributed by atoms with Gasteiger partial charge in [0, 0.05) is 22.9 Å². The van der Waals surface area contributed by atoms with Crippen molar-refractivity contribution in [1.29, 1.82) is 0 Å². The van der Waals surface area contributed by atoms with Crippen LogP contribution in [0.3, 0.4) is 0 Å². The number of benzene rings is 3. The molecule has 0 bridgehead atoms. The summed E-state index contributed by atoms with van der Waals surface area (Å²) in [7, 11) is 3.07. The first kappa shape index (κ1) is 22.5. The number of Topliss-reactive ketones (excluding diaryl/α,β-unsaturated/α-hetero) is 1. The number of hydrogen-bond donors (Lipinski definition) is 1. The summed E-state index contributed by atoms with van der Waals surface area (Å²) in [6.45, 7) is 2.23. The zero-order chi connectivity index (χ0) is 24.6. The summed E-state index contributed by atoms with van der Waals surface area (Å²) in [4.78, 5) is 33.7. The molecule has 0 aromatic heterocycles. The summed E-state index contributed by atoms with van der Waals surface area (Å²) in [6.07, 6.45) is 0. The Bertz CT molecular complexity index is 1350. The van der Waals surface area contributed by atoms with Crippen LogP contribution in [0.25, 0.3) is 0 Å². The predicted octanol–water partition coefficient (Wildman–Crippen LogP) is 4.18. The quantitative estimate of drug-likeness (QED) is 0.519. The molecule has 178 valence electrons. The standard InChI is InChI=1S/C27H24N2O6/c1-4-34-21-12-8-5-9-18(21)25(30)23-24(17-14-13-16(32-2)15-22(17)33-3)29-35-27(23)19-10-6-7-11-20(19)28-26(27)31/h5-15,23H,4H2,1-3H3,(H,28,31)/t23-,27-/m0/s1. The molecule has 5 rings (SSSR count). The number of nitrogens with zero attached hydrogens (tertiary/aromatic N) is 1. The SMILES string of the molecule is CCOc1ccccc1C(=O)[C@@H]1C(c2ccc(OC)cc2OC)=NO[C@]12C(=O)Nc1ccccc12. The van der Waals surface area contributed by atoms with E-state index in [0.717, 1.165) is 0 Å². The van der Waals surface area contributed by atoms with Crippen molar-refractivity contribution >= 4 is 23.1 Å². The molecule has 0 radical (unpaired) electrons. The average Bonchev–Trinajstić information content (AvgIpc) is 3.42. The summed E-state index contributed by atoms with van der Waals surface area (Å²) >= 11 is 0. The van der Waals surface area contributed by atoms with Crippen molar-refractivity contribution in [2.45, 2.75) is 12.5 Å². The van der Waals surface area contributed by atoms with Crippen molar-refractivity contribution in [2.75, 3.05) is 26.1 Å². The summed E-state index contributed by atoms with van der Waals surface area (Å²) in [5.41, 5.74) is 0.589. The Morgan fingerprint density at radius 2 is 1.80 bits per heavy atom. The number of carbonyl (C=O) groups excluding carboxylic acids is 2. The van der Waals surface area contributed by atoms with Crippen LogP contribution in [0.1, 0.15) is 28.4 Å². The highest BCUT2D eigenvalue weighted by Gasteiger charge is 2.63. The van der Waals surface area contributed by atoms with Gasteiger partial charge < -0.3 is 24.4 Å². The van der Waals surface area contributed by atoms with Gasteiger partial charge in [-0.2, -0.15) is 0 Å². The van der Waals surface area contributed by atoms with Crippen LogP contribution in [0.2, 0.25) is 0 Å². The molecule has 0 aliphatic carbocycles. The molecule has 1 spiro atoms. The Morgan fingerprint density at radius 3 is 2.57 bits per heavy atom. The molecule has 2 aliphatic rings. The lowest BCUT2D eigenvalue weighted by atomic mass is 9.74. The largest absolute Gasteiger partial charge is 0.497 e. The lowest BCUT2D eigenvalue weighted by Crippen LogP contribution is -2.46. The highest BCUT2D eigenvalue weighted by Crippen LogP contribution is 2.51. The molecule has 3 aromatic carbocycles. The minimum Gasteiger partial charge on any atom is -0.497 e. The highest BCUT2D eigenvalue weighted by molar-refractivity contribution is 6.25. The fraction of sp³-hybridized carbons (Fsp3) is 0.222. The number of amides is 1. The van der Waals surface area contributed by atoms with Gasteiger partial charge in [0.05, 0.1) is 26.4 Å². The van der Waals surface area contributed by atoms with Crippen molar-refractivity contribution in [3.05, 3.63) is 83.4 Å². The number of oxime groups is 1. The maximum atomic E-state index is 14.3. The van der Waals surface area contributed by atoms with Crippen LogP contribution in [-0.2, 0) is 15.2 Å². The molecule has 3 aromatic rings. The molecule has 1 amide bonds. The lowest BCUT2D eigenvalue weighted by Gasteiger charge is -2.27. The molecular weight excluding hydrogens is 448 g/mol. The van der Waals surface area contributed by atoms with Crippen LogP contribution in [-0.4, -0.2) is 38.2 Å². The van der Waals surface area contributed by atoms with Gasteiger partial charge in [-0.05, 0) is 37.3 Å². The third kappa shape index (κ3) is 3.41. The Hall–Kier alpha value is -4.33. The van der Waals surface area contributed by atoms with Crippen LogP contribution >= 0.6 is 0 Å². The number of para-hydroxylation sites is 2. The van der Waals surface area contributed by atoms with Gasteiger partial charge in [-0.15, -0.1) is 0 Å². The van der Waals surface area contributed by atoms with E-state index in [1.54, 1.807) is 67.8 Å². The highest BCUT2D eigenvalue weighted by atomic mass is 16.7. The Morgan fingerprint density at radius 1 is 1.03 bits per heavy atom. The first-order valence-electron chi connectivity index (χ1n) is 11.2. The minimum absolute atomic E-state index is 0.285. The Kier molecular flexibility index (Phi) is 5.64. The zero-order valence-corrected chi connectivity index (χ0v) is 19.5. The predicted molar refractivity (Wildman–Crippen MR) is 129 cm³/mol. The maximum Gasteiger partial charge on any atom is 0.277 e. The fourth-order valence-electron chi connectivity index (χ4n) is 4.68. The monoisotopic (exact) mass is 472 g/mol. The molecular formula is C27H24N2O6. The lowest BCUT2D eigenvalue weighted by molar-refractivity contribution is -0.140. The van der Waals surface area contributed by atoms with Crippen molar-refractivity contribution in [1.82, 2.24) is 0 Å². The number of carbonyl (C=O) groups is 2. The fourth-order valence-corrected chi connectivity index (χ4v) is 4.68. The second-order valence-corrected chi connectivity index (χ2v) is 8.10. The summed E-state index contributed by atoms with van der Waals surface area (Å²) < 4.78 is 16.6. The Labute approximate surface area is 202 Å². The van der Waals surface area contributed by atoms with Crippen LogP contribution in [0.15, 0.2) is 71.9 Å². The van der Waals surface area contributed by atoms with E-state index in [4.69, 9.17) is 19.0 Å². The van der Waals surface area contributed by atoms with Crippen molar-refractivity contribution in [3.8, 4) is 17.2 Å². The number of ketones is 1. The second-order valence-electron chi connectivity index (χ2n) is 8.10. The van der Waals surface area contributed by atoms with E-state index in [-0.39, 0.29) is 11.5 Å². The van der Waals surface area contributed by atoms with Gasteiger partial charge >= 0.3 is 0 Å². The molecule has 8 heteroatoms. The molecule has 0 fully saturated rings. The summed E-state index contributed by atoms with van der Waals surface area (Å²) in [5, 5.41) is 7.18. The third-order valence-corrected chi connectivity index (χ3v) is 6.28. The van der Waals surface area contributed by atoms with Gasteiger partial charge in [0.15, 0.2) is 5.78 Å². The van der Waals surface area contributed by atoms with Gasteiger partial charge in [0.25, 0.3) is 11.5 Å². The number of fused-ring (bicyclic) bond motifs is 2. The number of rotatable bonds is 7. The van der Waals surface area contributed by atoms with E-state index in [0.29, 0.717) is 46.2 Å². The average molecular weight is 472 g/mol. The molecule has 2 heterocycles. The second kappa shape index (κ2) is 8.79. The summed E-state index contributed by atoms with van der Waals surface area (Å²) in [5.74, 6) is -0.475. The number of ether oxygens (including phenoxy) is 3. The smallest absolute Gasteiger partial charge is 0.277 e. The molecule has 0 unspecified atom stereocenters. The maximum absolute atomic E-state index is 14.3. The van der Waals surface area contributed by atoms with E-state index < -0.39 is 17.4 Å². The third-order valence-electron chi connectivity index (χ3n) is 6.28. The van der Waals surface area contributed by atoms with Crippen molar-refractivity contribution < 1.29 is 28.6 Å². The van der Waals surface area contributed by atoms with Gasteiger partial charge in [0.1, 0.15) is 28.9 Å². The molecule has 2 aliphatic heterocycles. The minimum atomic E-state index is -1.67. The number of nitrogens with one attached hydrogen (secondary N) is 1. The molecule has 8 nitrogen and oxygen atoms in total. The van der Waals surface area contributed by atoms with E-state index in [1.165, 1.54) is 7.11 Å². The van der Waals surface area contributed by atoms with Crippen LogP contribution in [0, 0.1) is 5.92 Å². The van der Waals surface area contributed by atoms with Crippen LogP contribution in [0.5, 0.6) is 17.2 Å². The number of anilines is 1. The molecule has 0 saturated heterocycles. The van der Waals surface area contributed by atoms with Crippen molar-refractivity contribution in [2.24, 2.45) is 11.1 Å². The topological polar surface area (TPSA) is 95.5 Å². The van der Waals surface area contributed by atoms with E-state index in [1.807, 2.05) is 13.0 Å².